The molecule has 14 heavy (non-hydrogen) atoms. The first-order valence-corrected chi connectivity index (χ1v) is 3.62. The van der Waals surface area contributed by atoms with Crippen molar-refractivity contribution in [3.8, 4) is 17.2 Å². The predicted octanol–water partition coefficient (Wildman–Crippen LogP) is 0.468. The Labute approximate surface area is 77.0 Å². The summed E-state index contributed by atoms with van der Waals surface area (Å²) in [4.78, 5) is 10.5. The van der Waals surface area contributed by atoms with Gasteiger partial charge in [-0.3, -0.25) is 5.10 Å². The molecule has 2 heterocycles. The van der Waals surface area contributed by atoms with Crippen LogP contribution in [0.2, 0.25) is 0 Å². The zero-order chi connectivity index (χ0) is 10.1. The lowest BCUT2D eigenvalue weighted by Gasteiger charge is -1.90. The van der Waals surface area contributed by atoms with Gasteiger partial charge in [0.15, 0.2) is 22.9 Å². The lowest BCUT2D eigenvalue weighted by atomic mass is 10.3. The average molecular weight is 195 g/mol. The van der Waals surface area contributed by atoms with Crippen LogP contribution in [0.25, 0.3) is 11.5 Å². The zero-order valence-corrected chi connectivity index (χ0v) is 6.76. The molecular formula is C7H5N3O4. The third-order valence-electron chi connectivity index (χ3n) is 1.63. The molecule has 2 aromatic heterocycles. The van der Waals surface area contributed by atoms with Gasteiger partial charge in [-0.05, 0) is 0 Å². The van der Waals surface area contributed by atoms with Crippen molar-refractivity contribution in [3.63, 3.8) is 0 Å². The van der Waals surface area contributed by atoms with E-state index in [0.717, 1.165) is 0 Å². The summed E-state index contributed by atoms with van der Waals surface area (Å²) in [5, 5.41) is 27.2. The van der Waals surface area contributed by atoms with Crippen LogP contribution in [0.3, 0.4) is 0 Å². The first-order valence-electron chi connectivity index (χ1n) is 3.62. The molecule has 72 valence electrons. The fourth-order valence-electron chi connectivity index (χ4n) is 0.995. The molecule has 7 nitrogen and oxygen atoms in total. The highest BCUT2D eigenvalue weighted by molar-refractivity contribution is 5.90. The van der Waals surface area contributed by atoms with E-state index in [0.29, 0.717) is 0 Å². The van der Waals surface area contributed by atoms with E-state index in [4.69, 9.17) is 9.63 Å². The van der Waals surface area contributed by atoms with E-state index in [1.54, 1.807) is 0 Å². The van der Waals surface area contributed by atoms with Crippen molar-refractivity contribution >= 4 is 5.97 Å². The van der Waals surface area contributed by atoms with Crippen molar-refractivity contribution in [2.24, 2.45) is 0 Å². The number of nitrogens with zero attached hydrogens (tertiary/aromatic N) is 2. The molecule has 0 saturated carbocycles. The van der Waals surface area contributed by atoms with Crippen molar-refractivity contribution in [3.05, 3.63) is 18.0 Å². The van der Waals surface area contributed by atoms with Crippen LogP contribution in [-0.2, 0) is 0 Å². The highest BCUT2D eigenvalue weighted by Gasteiger charge is 2.20. The molecule has 0 fully saturated rings. The number of carbonyl (C=O) groups is 1. The van der Waals surface area contributed by atoms with E-state index in [9.17, 15) is 9.90 Å². The number of aromatic carboxylic acids is 1. The van der Waals surface area contributed by atoms with Crippen molar-refractivity contribution in [1.29, 1.82) is 0 Å². The lowest BCUT2D eigenvalue weighted by molar-refractivity contribution is 0.0687. The van der Waals surface area contributed by atoms with Crippen molar-refractivity contribution in [2.75, 3.05) is 0 Å². The second kappa shape index (κ2) is 2.87. The molecule has 0 unspecified atom stereocenters. The number of aromatic amines is 1. The highest BCUT2D eigenvalue weighted by atomic mass is 16.5. The minimum Gasteiger partial charge on any atom is -0.504 e. The number of aromatic hydroxyl groups is 1. The minimum atomic E-state index is -1.29. The topological polar surface area (TPSA) is 112 Å². The third kappa shape index (κ3) is 1.11. The maximum atomic E-state index is 10.5. The first kappa shape index (κ1) is 8.30. The summed E-state index contributed by atoms with van der Waals surface area (Å²) in [5.74, 6) is -1.55. The number of hydrogen-bond donors (Lipinski definition) is 3. The second-order valence-electron chi connectivity index (χ2n) is 2.48. The van der Waals surface area contributed by atoms with Crippen LogP contribution >= 0.6 is 0 Å². The maximum Gasteiger partial charge on any atom is 0.357 e. The van der Waals surface area contributed by atoms with Crippen LogP contribution in [0, 0.1) is 0 Å². The quantitative estimate of drug-likeness (QED) is 0.641. The van der Waals surface area contributed by atoms with Gasteiger partial charge in [-0.25, -0.2) is 4.79 Å². The molecule has 0 saturated heterocycles. The fourth-order valence-corrected chi connectivity index (χ4v) is 0.995. The largest absolute Gasteiger partial charge is 0.504 e. The van der Waals surface area contributed by atoms with E-state index >= 15 is 0 Å². The Morgan fingerprint density at radius 3 is 2.86 bits per heavy atom. The average Bonchev–Trinajstić information content (AvgIpc) is 2.71. The lowest BCUT2D eigenvalue weighted by Crippen LogP contribution is -1.96. The number of nitrogens with one attached hydrogen (secondary N) is 1. The number of aromatic nitrogens is 3. The number of carboxylic acid groups (broad SMARTS) is 1. The van der Waals surface area contributed by atoms with Crippen LogP contribution in [0.15, 0.2) is 16.8 Å². The Balaban J connectivity index is 2.52. The van der Waals surface area contributed by atoms with Gasteiger partial charge < -0.3 is 14.7 Å². The first-order chi connectivity index (χ1) is 6.70. The Hall–Kier alpha value is -2.31. The molecule has 2 aromatic rings. The molecule has 0 aliphatic rings. The summed E-state index contributed by atoms with van der Waals surface area (Å²) >= 11 is 0. The van der Waals surface area contributed by atoms with Crippen molar-refractivity contribution in [1.82, 2.24) is 15.4 Å². The van der Waals surface area contributed by atoms with Gasteiger partial charge in [0.1, 0.15) is 0 Å². The van der Waals surface area contributed by atoms with E-state index in [1.807, 2.05) is 0 Å². The van der Waals surface area contributed by atoms with E-state index in [2.05, 4.69) is 15.4 Å². The number of hydrogen-bond acceptors (Lipinski definition) is 5. The van der Waals surface area contributed by atoms with Gasteiger partial charge in [-0.1, -0.05) is 5.16 Å². The zero-order valence-electron chi connectivity index (χ0n) is 6.76. The summed E-state index contributed by atoms with van der Waals surface area (Å²) in [6, 6.07) is 1.46. The van der Waals surface area contributed by atoms with E-state index in [-0.39, 0.29) is 17.1 Å². The van der Waals surface area contributed by atoms with Crippen LogP contribution in [-0.4, -0.2) is 31.5 Å². The molecule has 0 spiro atoms. The van der Waals surface area contributed by atoms with Crippen LogP contribution < -0.4 is 0 Å². The van der Waals surface area contributed by atoms with E-state index < -0.39 is 11.7 Å². The Morgan fingerprint density at radius 1 is 1.57 bits per heavy atom. The van der Waals surface area contributed by atoms with Crippen LogP contribution in [0.5, 0.6) is 5.75 Å². The molecule has 0 aliphatic carbocycles. The Morgan fingerprint density at radius 2 is 2.36 bits per heavy atom. The molecule has 0 radical (unpaired) electrons. The third-order valence-corrected chi connectivity index (χ3v) is 1.63. The van der Waals surface area contributed by atoms with Crippen molar-refractivity contribution in [2.45, 2.75) is 0 Å². The number of rotatable bonds is 2. The molecule has 0 atom stereocenters. The molecule has 0 aromatic carbocycles. The monoisotopic (exact) mass is 195 g/mol. The number of H-pyrrole nitrogens is 1. The van der Waals surface area contributed by atoms with E-state index in [1.165, 1.54) is 12.3 Å². The maximum absolute atomic E-state index is 10.5. The predicted molar refractivity (Wildman–Crippen MR) is 42.7 cm³/mol. The summed E-state index contributed by atoms with van der Waals surface area (Å²) in [6.45, 7) is 0. The Bertz CT molecular complexity index is 459. The molecule has 7 heteroatoms. The summed E-state index contributed by atoms with van der Waals surface area (Å²) < 4.78 is 4.71. The summed E-state index contributed by atoms with van der Waals surface area (Å²) in [5.41, 5.74) is -0.351. The van der Waals surface area contributed by atoms with Gasteiger partial charge >= 0.3 is 5.97 Å². The van der Waals surface area contributed by atoms with Gasteiger partial charge in [-0.15, -0.1) is 0 Å². The van der Waals surface area contributed by atoms with Gasteiger partial charge in [0.05, 0.1) is 6.20 Å². The van der Waals surface area contributed by atoms with Gasteiger partial charge in [-0.2, -0.15) is 5.10 Å². The molecule has 3 N–H and O–H groups in total. The van der Waals surface area contributed by atoms with Crippen LogP contribution in [0.4, 0.5) is 0 Å². The highest BCUT2D eigenvalue weighted by Crippen LogP contribution is 2.29. The van der Waals surface area contributed by atoms with Gasteiger partial charge in [0, 0.05) is 6.07 Å². The molecule has 0 bridgehead atoms. The molecule has 0 aliphatic heterocycles. The van der Waals surface area contributed by atoms with Crippen LogP contribution in [0.1, 0.15) is 10.5 Å². The summed E-state index contributed by atoms with van der Waals surface area (Å²) in [6.07, 6.45) is 1.36. The standard InChI is InChI=1S/C7H5N3O4/c11-6-4(3-1-2-8-14-3)9-10-5(6)7(12)13/h1-2,11H,(H,9,10)(H,12,13). The van der Waals surface area contributed by atoms with Gasteiger partial charge in [0.25, 0.3) is 0 Å². The fraction of sp³-hybridized carbons (Fsp3) is 0. The minimum absolute atomic E-state index is 0.0277. The second-order valence-corrected chi connectivity index (χ2v) is 2.48. The number of carboxylic acids is 1. The normalized spacial score (nSPS) is 10.3. The Kier molecular flexibility index (Phi) is 1.70. The summed E-state index contributed by atoms with van der Waals surface area (Å²) in [7, 11) is 0. The molecular weight excluding hydrogens is 190 g/mol. The smallest absolute Gasteiger partial charge is 0.357 e. The van der Waals surface area contributed by atoms with Crippen molar-refractivity contribution < 1.29 is 19.5 Å². The molecule has 2 rings (SSSR count). The van der Waals surface area contributed by atoms with Gasteiger partial charge in [0.2, 0.25) is 0 Å². The molecule has 0 amide bonds. The SMILES string of the molecule is O=C(O)c1[nH]nc(-c2ccno2)c1O.